The molecule has 4 rings (SSSR count). The van der Waals surface area contributed by atoms with Crippen molar-refractivity contribution in [1.29, 1.82) is 0 Å². The number of aromatic nitrogens is 2. The van der Waals surface area contributed by atoms with Crippen LogP contribution in [0, 0.1) is 17.7 Å². The Morgan fingerprint density at radius 2 is 1.78 bits per heavy atom. The van der Waals surface area contributed by atoms with Gasteiger partial charge in [-0.3, -0.25) is 19.2 Å². The quantitative estimate of drug-likeness (QED) is 0.343. The molecular formula is C32H46FN7O5. The number of nitrogens with one attached hydrogen (secondary N) is 3. The molecule has 3 N–H and O–H groups in total. The maximum absolute atomic E-state index is 15.6. The van der Waals surface area contributed by atoms with Crippen molar-refractivity contribution in [3.8, 4) is 0 Å². The standard InChI is InChI=1S/C32H46FN7O5/c1-6-24-29(38-45-37-24)31(43)36-28(21-10-8-19(3)9-11-21)30(42)34-25-13-12-22(18-23(25)33)20(4)27(35-26(41)7-2)32(44)40-16-14-39(5)15-17-40/h12-13,18-21,27-28H,6-11,14-17H2,1-5H3,(H,34,42)(H,35,41)(H,36,43)/t19?,20-,21?,27+,28-/m0/s1/i5D3. The molecule has 13 heteroatoms. The number of likely N-dealkylation sites (N-methyl/N-ethyl adjacent to an activating group) is 1. The summed E-state index contributed by atoms with van der Waals surface area (Å²) in [5, 5.41) is 15.6. The minimum atomic E-state index is -2.26. The molecule has 1 aliphatic carbocycles. The molecular weight excluding hydrogens is 581 g/mol. The second-order valence-electron chi connectivity index (χ2n) is 12.1. The third-order valence-electron chi connectivity index (χ3n) is 8.98. The molecule has 3 atom stereocenters. The summed E-state index contributed by atoms with van der Waals surface area (Å²) in [5.74, 6) is -3.00. The second kappa shape index (κ2) is 15.4. The van der Waals surface area contributed by atoms with E-state index in [0.29, 0.717) is 36.4 Å². The van der Waals surface area contributed by atoms with Gasteiger partial charge in [-0.15, -0.1) is 0 Å². The molecule has 0 spiro atoms. The second-order valence-corrected chi connectivity index (χ2v) is 12.1. The number of nitrogens with zero attached hydrogens (tertiary/aromatic N) is 4. The molecule has 1 aromatic heterocycles. The van der Waals surface area contributed by atoms with E-state index in [4.69, 9.17) is 8.74 Å². The predicted octanol–water partition coefficient (Wildman–Crippen LogP) is 3.11. The van der Waals surface area contributed by atoms with Gasteiger partial charge in [0, 0.05) is 42.6 Å². The van der Waals surface area contributed by atoms with Crippen molar-refractivity contribution >= 4 is 29.3 Å². The van der Waals surface area contributed by atoms with Crippen molar-refractivity contribution in [2.24, 2.45) is 11.8 Å². The zero-order chi connectivity index (χ0) is 35.2. The molecule has 2 fully saturated rings. The smallest absolute Gasteiger partial charge is 0.276 e. The fourth-order valence-corrected chi connectivity index (χ4v) is 5.96. The van der Waals surface area contributed by atoms with Crippen LogP contribution >= 0.6 is 0 Å². The Hall–Kier alpha value is -3.87. The molecule has 1 aromatic carbocycles. The number of benzene rings is 1. The fraction of sp³-hybridized carbons (Fsp3) is 0.625. The average molecular weight is 631 g/mol. The number of rotatable bonds is 11. The molecule has 4 amide bonds. The number of anilines is 1. The molecule has 2 aliphatic rings. The zero-order valence-electron chi connectivity index (χ0n) is 29.4. The van der Waals surface area contributed by atoms with Crippen LogP contribution in [0.15, 0.2) is 22.8 Å². The van der Waals surface area contributed by atoms with E-state index in [-0.39, 0.29) is 61.7 Å². The lowest BCUT2D eigenvalue weighted by Gasteiger charge is -2.36. The van der Waals surface area contributed by atoms with E-state index in [9.17, 15) is 19.2 Å². The Bertz CT molecular complexity index is 1460. The van der Waals surface area contributed by atoms with Crippen LogP contribution in [0.2, 0.25) is 0 Å². The molecule has 1 saturated heterocycles. The number of amides is 4. The molecule has 0 radical (unpaired) electrons. The van der Waals surface area contributed by atoms with Gasteiger partial charge in [-0.05, 0) is 60.9 Å². The van der Waals surface area contributed by atoms with Gasteiger partial charge in [-0.1, -0.05) is 51.8 Å². The van der Waals surface area contributed by atoms with Gasteiger partial charge in [0.15, 0.2) is 5.69 Å². The van der Waals surface area contributed by atoms with Crippen LogP contribution in [0.4, 0.5) is 10.1 Å². The van der Waals surface area contributed by atoms with Gasteiger partial charge in [0.1, 0.15) is 23.6 Å². The number of carbonyl (C=O) groups is 4. The molecule has 12 nitrogen and oxygen atoms in total. The van der Waals surface area contributed by atoms with Crippen molar-refractivity contribution in [2.45, 2.75) is 84.2 Å². The summed E-state index contributed by atoms with van der Waals surface area (Å²) in [6.07, 6.45) is 3.74. The molecule has 0 unspecified atom stereocenters. The minimum absolute atomic E-state index is 0.00224. The lowest BCUT2D eigenvalue weighted by atomic mass is 9.79. The summed E-state index contributed by atoms with van der Waals surface area (Å²) in [5.41, 5.74) is 0.683. The Balaban J connectivity index is 1.50. The van der Waals surface area contributed by atoms with E-state index >= 15 is 4.39 Å². The van der Waals surface area contributed by atoms with Crippen molar-refractivity contribution in [3.63, 3.8) is 0 Å². The first-order valence-electron chi connectivity index (χ1n) is 17.3. The van der Waals surface area contributed by atoms with Crippen LogP contribution in [0.25, 0.3) is 0 Å². The SMILES string of the molecule is [2H]C([2H])([2H])N1CCN(C(=O)[C@H](NC(=O)CC)[C@@H](C)c2ccc(NC(=O)[C@@H](NC(=O)c3nonc3CC)C3CCC(C)CC3)c(F)c2)CC1. The Labute approximate surface area is 268 Å². The predicted molar refractivity (Wildman–Crippen MR) is 166 cm³/mol. The largest absolute Gasteiger partial charge is 0.344 e. The number of hydrogen-bond acceptors (Lipinski definition) is 8. The third kappa shape index (κ3) is 8.44. The third-order valence-corrected chi connectivity index (χ3v) is 8.98. The van der Waals surface area contributed by atoms with Crippen molar-refractivity contribution < 1.29 is 32.3 Å². The zero-order valence-corrected chi connectivity index (χ0v) is 26.4. The van der Waals surface area contributed by atoms with Crippen LogP contribution in [0.5, 0.6) is 0 Å². The van der Waals surface area contributed by atoms with E-state index in [2.05, 4.69) is 33.2 Å². The van der Waals surface area contributed by atoms with Gasteiger partial charge in [-0.25, -0.2) is 9.02 Å². The normalized spacial score (nSPS) is 22.2. The number of aryl methyl sites for hydroxylation is 1. The van der Waals surface area contributed by atoms with E-state index in [0.717, 1.165) is 12.8 Å². The van der Waals surface area contributed by atoms with Gasteiger partial charge < -0.3 is 25.8 Å². The Kier molecular flexibility index (Phi) is 10.2. The van der Waals surface area contributed by atoms with E-state index in [1.807, 2.05) is 0 Å². The minimum Gasteiger partial charge on any atom is -0.344 e. The van der Waals surface area contributed by atoms with Crippen LogP contribution in [0.1, 0.15) is 91.6 Å². The first kappa shape index (κ1) is 29.8. The molecule has 0 bridgehead atoms. The van der Waals surface area contributed by atoms with Gasteiger partial charge in [0.25, 0.3) is 5.91 Å². The van der Waals surface area contributed by atoms with Gasteiger partial charge in [-0.2, -0.15) is 0 Å². The number of piperazine rings is 1. The van der Waals surface area contributed by atoms with Crippen molar-refractivity contribution in [3.05, 3.63) is 41.0 Å². The molecule has 45 heavy (non-hydrogen) atoms. The lowest BCUT2D eigenvalue weighted by molar-refractivity contribution is -0.138. The van der Waals surface area contributed by atoms with E-state index in [1.165, 1.54) is 21.9 Å². The van der Waals surface area contributed by atoms with E-state index in [1.54, 1.807) is 26.8 Å². The molecule has 1 aliphatic heterocycles. The summed E-state index contributed by atoms with van der Waals surface area (Å²) in [4.78, 5) is 55.7. The molecule has 1 saturated carbocycles. The monoisotopic (exact) mass is 630 g/mol. The Morgan fingerprint density at radius 1 is 1.07 bits per heavy atom. The summed E-state index contributed by atoms with van der Waals surface area (Å²) in [6, 6.07) is 2.22. The van der Waals surface area contributed by atoms with Gasteiger partial charge >= 0.3 is 0 Å². The van der Waals surface area contributed by atoms with Gasteiger partial charge in [0.2, 0.25) is 17.7 Å². The topological polar surface area (TPSA) is 150 Å². The highest BCUT2D eigenvalue weighted by atomic mass is 19.1. The number of halogens is 1. The van der Waals surface area contributed by atoms with Gasteiger partial charge in [0.05, 0.1) is 5.69 Å². The van der Waals surface area contributed by atoms with Crippen LogP contribution < -0.4 is 16.0 Å². The fourth-order valence-electron chi connectivity index (χ4n) is 5.96. The summed E-state index contributed by atoms with van der Waals surface area (Å²) < 4.78 is 43.3. The van der Waals surface area contributed by atoms with Crippen LogP contribution in [0.3, 0.4) is 0 Å². The number of carbonyl (C=O) groups excluding carboxylic acids is 4. The highest BCUT2D eigenvalue weighted by Gasteiger charge is 2.35. The molecule has 2 heterocycles. The number of hydrogen-bond donors (Lipinski definition) is 3. The van der Waals surface area contributed by atoms with Crippen LogP contribution in [-0.4, -0.2) is 89.0 Å². The molecule has 246 valence electrons. The summed E-state index contributed by atoms with van der Waals surface area (Å²) >= 11 is 0. The summed E-state index contributed by atoms with van der Waals surface area (Å²) in [6.45, 7) is 5.69. The Morgan fingerprint density at radius 3 is 2.40 bits per heavy atom. The maximum atomic E-state index is 15.6. The highest BCUT2D eigenvalue weighted by molar-refractivity contribution is 6.01. The molecule has 2 aromatic rings. The highest BCUT2D eigenvalue weighted by Crippen LogP contribution is 2.32. The maximum Gasteiger partial charge on any atom is 0.276 e. The van der Waals surface area contributed by atoms with E-state index < -0.39 is 42.6 Å². The van der Waals surface area contributed by atoms with Crippen LogP contribution in [-0.2, 0) is 20.8 Å². The first-order chi connectivity index (χ1) is 22.7. The average Bonchev–Trinajstić information content (AvgIpc) is 3.55. The van der Waals surface area contributed by atoms with Crippen molar-refractivity contribution in [2.75, 3.05) is 38.5 Å². The van der Waals surface area contributed by atoms with Crippen molar-refractivity contribution in [1.82, 2.24) is 30.7 Å². The lowest BCUT2D eigenvalue weighted by Crippen LogP contribution is -2.55. The summed E-state index contributed by atoms with van der Waals surface area (Å²) in [7, 11) is 0. The first-order valence-corrected chi connectivity index (χ1v) is 15.8.